The lowest BCUT2D eigenvalue weighted by Crippen LogP contribution is -2.13. The minimum atomic E-state index is 0.495. The third kappa shape index (κ3) is 5.60. The Labute approximate surface area is 274 Å². The Balaban J connectivity index is 1.13. The summed E-state index contributed by atoms with van der Waals surface area (Å²) in [5.74, 6) is 0.495. The minimum Gasteiger partial charge on any atom is -0.383 e. The zero-order valence-electron chi connectivity index (χ0n) is 25.9. The average molecular weight is 604 g/mol. The number of hydrogen-bond donors (Lipinski definition) is 1. The summed E-state index contributed by atoms with van der Waals surface area (Å²) in [6.45, 7) is 0. The molecule has 0 unspecified atom stereocenters. The Morgan fingerprint density at radius 3 is 1.83 bits per heavy atom. The Hall–Kier alpha value is -6.19. The maximum absolute atomic E-state index is 6.56. The van der Waals surface area contributed by atoms with Crippen molar-refractivity contribution >= 4 is 44.1 Å². The van der Waals surface area contributed by atoms with Gasteiger partial charge in [-0.15, -0.1) is 0 Å². The molecule has 47 heavy (non-hydrogen) atoms. The molecule has 0 radical (unpaired) electrons. The smallest absolute Gasteiger partial charge is 0.131 e. The zero-order valence-corrected chi connectivity index (χ0v) is 25.9. The number of hydrogen-bond acceptors (Lipinski definition) is 1. The highest BCUT2D eigenvalue weighted by Gasteiger charge is 2.12. The lowest BCUT2D eigenvalue weighted by atomic mass is 9.99. The van der Waals surface area contributed by atoms with Gasteiger partial charge in [0.2, 0.25) is 0 Å². The molecule has 2 N–H and O–H groups in total. The third-order valence-electron chi connectivity index (χ3n) is 8.88. The number of nitrogens with two attached hydrogens (primary N) is 1. The van der Waals surface area contributed by atoms with Crippen LogP contribution in [0.3, 0.4) is 0 Å². The average Bonchev–Trinajstić information content (AvgIpc) is 3.48. The summed E-state index contributed by atoms with van der Waals surface area (Å²) in [5, 5.41) is 5.00. The van der Waals surface area contributed by atoms with E-state index in [0.717, 1.165) is 28.9 Å². The van der Waals surface area contributed by atoms with Crippen molar-refractivity contribution in [3.8, 4) is 16.8 Å². The van der Waals surface area contributed by atoms with Crippen LogP contribution in [0.2, 0.25) is 0 Å². The maximum atomic E-state index is 6.56. The first-order valence-electron chi connectivity index (χ1n) is 16.0. The number of para-hydroxylation sites is 2. The molecule has 8 aromatic rings. The molecule has 0 saturated heterocycles. The maximum Gasteiger partial charge on any atom is 0.131 e. The molecule has 0 spiro atoms. The van der Waals surface area contributed by atoms with Crippen molar-refractivity contribution in [1.29, 1.82) is 0 Å². The number of fused-ring (bicyclic) bond motifs is 4. The highest BCUT2D eigenvalue weighted by molar-refractivity contribution is 6.09. The second kappa shape index (κ2) is 12.3. The van der Waals surface area contributed by atoms with E-state index in [1.807, 2.05) is 30.3 Å². The van der Waals surface area contributed by atoms with Crippen molar-refractivity contribution < 1.29 is 0 Å². The molecule has 224 valence electrons. The molecular weight excluding hydrogens is 571 g/mol. The molecule has 0 saturated carbocycles. The van der Waals surface area contributed by atoms with E-state index < -0.39 is 0 Å². The third-order valence-corrected chi connectivity index (χ3v) is 8.88. The van der Waals surface area contributed by atoms with Gasteiger partial charge < -0.3 is 10.3 Å². The molecule has 0 atom stereocenters. The van der Waals surface area contributed by atoms with E-state index in [1.54, 1.807) is 0 Å². The highest BCUT2D eigenvalue weighted by Crippen LogP contribution is 2.32. The Morgan fingerprint density at radius 1 is 0.532 bits per heavy atom. The van der Waals surface area contributed by atoms with Crippen molar-refractivity contribution in [3.05, 3.63) is 193 Å². The van der Waals surface area contributed by atoms with Crippen LogP contribution in [0.4, 0.5) is 0 Å². The van der Waals surface area contributed by atoms with E-state index in [4.69, 9.17) is 10.7 Å². The molecule has 0 aliphatic carbocycles. The molecule has 0 aliphatic heterocycles. The Morgan fingerprint density at radius 2 is 1.13 bits per heavy atom. The predicted octanol–water partition coefficient (Wildman–Crippen LogP) is 10.6. The van der Waals surface area contributed by atoms with Gasteiger partial charge in [0.15, 0.2) is 0 Å². The van der Waals surface area contributed by atoms with Crippen LogP contribution in [0.1, 0.15) is 16.7 Å². The van der Waals surface area contributed by atoms with Crippen molar-refractivity contribution in [1.82, 2.24) is 4.57 Å². The van der Waals surface area contributed by atoms with Gasteiger partial charge in [0, 0.05) is 27.6 Å². The molecule has 0 bridgehead atoms. The van der Waals surface area contributed by atoms with Gasteiger partial charge in [-0.3, -0.25) is 0 Å². The van der Waals surface area contributed by atoms with Gasteiger partial charge in [0.25, 0.3) is 0 Å². The highest BCUT2D eigenvalue weighted by atomic mass is 15.0. The molecule has 0 amide bonds. The van der Waals surface area contributed by atoms with Crippen molar-refractivity contribution in [3.63, 3.8) is 0 Å². The van der Waals surface area contributed by atoms with E-state index in [-0.39, 0.29) is 0 Å². The number of allylic oxidation sites excluding steroid dienone is 1. The SMILES string of the molecule is NC(=N/C(=C\Cc1ccc(-c2ccc3ccccc3c2)cc1)c1ccc(-n2c3ccccc3c3ccccc32)cc1)c1ccccc1. The molecule has 3 nitrogen and oxygen atoms in total. The molecule has 7 aromatic carbocycles. The number of nitrogens with zero attached hydrogens (tertiary/aromatic N) is 2. The van der Waals surface area contributed by atoms with Crippen LogP contribution in [0.15, 0.2) is 181 Å². The van der Waals surface area contributed by atoms with E-state index in [0.29, 0.717) is 5.84 Å². The quantitative estimate of drug-likeness (QED) is 0.143. The first-order chi connectivity index (χ1) is 23.2. The Bertz CT molecular complexity index is 2360. The lowest BCUT2D eigenvalue weighted by Gasteiger charge is -2.11. The molecule has 8 rings (SSSR count). The van der Waals surface area contributed by atoms with Crippen LogP contribution >= 0.6 is 0 Å². The van der Waals surface area contributed by atoms with Crippen LogP contribution in [0, 0.1) is 0 Å². The second-order valence-corrected chi connectivity index (χ2v) is 11.8. The lowest BCUT2D eigenvalue weighted by molar-refractivity contribution is 1.18. The van der Waals surface area contributed by atoms with Gasteiger partial charge in [-0.05, 0) is 64.2 Å². The van der Waals surface area contributed by atoms with Crippen LogP contribution in [0.5, 0.6) is 0 Å². The van der Waals surface area contributed by atoms with Crippen molar-refractivity contribution in [2.75, 3.05) is 0 Å². The normalized spacial score (nSPS) is 12.3. The fourth-order valence-corrected chi connectivity index (χ4v) is 6.43. The zero-order chi connectivity index (χ0) is 31.6. The standard InChI is InChI=1S/C44H33N3/c45-44(35-11-2-1-3-12-35)46-41(29-20-31-18-21-33(22-19-31)37-24-23-32-10-4-5-13-36(32)30-37)34-25-27-38(28-26-34)47-42-16-8-6-14-39(42)40-15-7-9-17-43(40)47/h1-19,21-30H,20H2,(H2,45,46)/b41-29-. The van der Waals surface area contributed by atoms with E-state index in [9.17, 15) is 0 Å². The first kappa shape index (κ1) is 28.3. The number of aliphatic imine (C=N–C) groups is 1. The monoisotopic (exact) mass is 603 g/mol. The molecule has 3 heteroatoms. The largest absolute Gasteiger partial charge is 0.383 e. The number of amidine groups is 1. The summed E-state index contributed by atoms with van der Waals surface area (Å²) in [7, 11) is 0. The van der Waals surface area contributed by atoms with Gasteiger partial charge >= 0.3 is 0 Å². The topological polar surface area (TPSA) is 43.3 Å². The number of aromatic nitrogens is 1. The first-order valence-corrected chi connectivity index (χ1v) is 16.0. The van der Waals surface area contributed by atoms with Gasteiger partial charge in [-0.1, -0.05) is 146 Å². The van der Waals surface area contributed by atoms with E-state index in [1.165, 1.54) is 49.3 Å². The predicted molar refractivity (Wildman–Crippen MR) is 199 cm³/mol. The van der Waals surface area contributed by atoms with Gasteiger partial charge in [-0.25, -0.2) is 4.99 Å². The summed E-state index contributed by atoms with van der Waals surface area (Å²) in [4.78, 5) is 4.97. The van der Waals surface area contributed by atoms with Crippen molar-refractivity contribution in [2.45, 2.75) is 6.42 Å². The van der Waals surface area contributed by atoms with E-state index in [2.05, 4.69) is 150 Å². The van der Waals surface area contributed by atoms with Crippen LogP contribution in [-0.4, -0.2) is 10.4 Å². The molecular formula is C44H33N3. The van der Waals surface area contributed by atoms with Crippen LogP contribution in [0.25, 0.3) is 55.1 Å². The van der Waals surface area contributed by atoms with E-state index >= 15 is 0 Å². The second-order valence-electron chi connectivity index (χ2n) is 11.8. The molecule has 0 fully saturated rings. The van der Waals surface area contributed by atoms with Gasteiger partial charge in [0.05, 0.1) is 16.7 Å². The molecule has 0 aliphatic rings. The summed E-state index contributed by atoms with van der Waals surface area (Å²) >= 11 is 0. The van der Waals surface area contributed by atoms with Crippen LogP contribution < -0.4 is 5.73 Å². The van der Waals surface area contributed by atoms with Crippen LogP contribution in [-0.2, 0) is 6.42 Å². The molecule has 1 heterocycles. The fourth-order valence-electron chi connectivity index (χ4n) is 6.43. The Kier molecular flexibility index (Phi) is 7.41. The minimum absolute atomic E-state index is 0.495. The summed E-state index contributed by atoms with van der Waals surface area (Å²) < 4.78 is 2.33. The van der Waals surface area contributed by atoms with Gasteiger partial charge in [0.1, 0.15) is 5.84 Å². The van der Waals surface area contributed by atoms with Gasteiger partial charge in [-0.2, -0.15) is 0 Å². The fraction of sp³-hybridized carbons (Fsp3) is 0.0227. The summed E-state index contributed by atoms with van der Waals surface area (Å²) in [6.07, 6.45) is 2.91. The van der Waals surface area contributed by atoms with Crippen molar-refractivity contribution in [2.24, 2.45) is 10.7 Å². The molecule has 1 aromatic heterocycles. The summed E-state index contributed by atoms with van der Waals surface area (Å²) in [6, 6.07) is 59.7. The summed E-state index contributed by atoms with van der Waals surface area (Å²) in [5.41, 5.74) is 16.4. The number of benzene rings is 7. The number of rotatable bonds is 7.